The van der Waals surface area contributed by atoms with E-state index in [1.165, 1.54) is 19.1 Å². The number of aromatic nitrogens is 2. The summed E-state index contributed by atoms with van der Waals surface area (Å²) in [6, 6.07) is 6.25. The highest BCUT2D eigenvalue weighted by molar-refractivity contribution is 7.90. The van der Waals surface area contributed by atoms with Crippen molar-refractivity contribution >= 4 is 27.2 Å². The van der Waals surface area contributed by atoms with Crippen LogP contribution in [0.5, 0.6) is 0 Å². The van der Waals surface area contributed by atoms with Crippen molar-refractivity contribution in [2.24, 2.45) is 18.9 Å². The number of nitrogens with one attached hydrogen (secondary N) is 1. The molecule has 1 N–H and O–H groups in total. The number of hydrogen-bond acceptors (Lipinski definition) is 6. The summed E-state index contributed by atoms with van der Waals surface area (Å²) in [4.78, 5) is 7.75. The van der Waals surface area contributed by atoms with Crippen molar-refractivity contribution in [1.29, 1.82) is 0 Å². The Kier molecular flexibility index (Phi) is 7.20. The van der Waals surface area contributed by atoms with E-state index in [4.69, 9.17) is 9.72 Å². The molecule has 2 aliphatic rings. The third-order valence-electron chi connectivity index (χ3n) is 7.16. The van der Waals surface area contributed by atoms with Crippen LogP contribution in [0.2, 0.25) is 0 Å². The highest BCUT2D eigenvalue weighted by Gasteiger charge is 2.43. The van der Waals surface area contributed by atoms with Crippen LogP contribution in [-0.4, -0.2) is 45.0 Å². The maximum absolute atomic E-state index is 11.9. The Morgan fingerprint density at radius 1 is 1.21 bits per heavy atom. The number of anilines is 3. The summed E-state index contributed by atoms with van der Waals surface area (Å²) in [7, 11) is -1.25. The molecule has 2 bridgehead atoms. The molecule has 1 aromatic heterocycles. The quantitative estimate of drug-likeness (QED) is 0.566. The number of benzene rings is 1. The molecule has 8 heteroatoms. The van der Waals surface area contributed by atoms with E-state index in [0.717, 1.165) is 54.5 Å². The molecule has 2 aromatic rings. The van der Waals surface area contributed by atoms with Crippen LogP contribution < -0.4 is 14.8 Å². The summed E-state index contributed by atoms with van der Waals surface area (Å²) >= 11 is 0. The Bertz CT molecular complexity index is 1130. The Morgan fingerprint density at radius 3 is 2.47 bits per heavy atom. The molecule has 0 saturated carbocycles. The van der Waals surface area contributed by atoms with Gasteiger partial charge < -0.3 is 9.64 Å². The number of rotatable bonds is 8. The number of fused-ring (bicyclic) bond motifs is 2. The first-order valence-corrected chi connectivity index (χ1v) is 14.2. The van der Waals surface area contributed by atoms with E-state index in [9.17, 15) is 8.42 Å². The van der Waals surface area contributed by atoms with Crippen LogP contribution in [0.15, 0.2) is 29.4 Å². The molecule has 0 amide bonds. The zero-order valence-electron chi connectivity index (χ0n) is 21.3. The normalized spacial score (nSPS) is 22.4. The van der Waals surface area contributed by atoms with Crippen LogP contribution in [0.1, 0.15) is 50.7 Å². The van der Waals surface area contributed by atoms with Crippen LogP contribution in [-0.2, 0) is 21.6 Å². The Balaban J connectivity index is 1.55. The fraction of sp³-hybridized carbons (Fsp3) is 0.615. The molecule has 186 valence electrons. The van der Waals surface area contributed by atoms with E-state index in [2.05, 4.69) is 31.0 Å². The molecular weight excluding hydrogens is 448 g/mol. The van der Waals surface area contributed by atoms with Gasteiger partial charge in [-0.05, 0) is 75.1 Å². The number of sulfone groups is 1. The van der Waals surface area contributed by atoms with Crippen LogP contribution in [0.3, 0.4) is 0 Å². The first-order valence-electron chi connectivity index (χ1n) is 12.3. The maximum atomic E-state index is 11.9. The van der Waals surface area contributed by atoms with E-state index in [1.54, 1.807) is 12.1 Å². The minimum absolute atomic E-state index is 0.337. The molecule has 0 aliphatic carbocycles. The second kappa shape index (κ2) is 9.82. The van der Waals surface area contributed by atoms with Gasteiger partial charge in [-0.3, -0.25) is 5.32 Å². The minimum Gasteiger partial charge on any atom is -0.381 e. The molecule has 2 atom stereocenters. The van der Waals surface area contributed by atoms with Gasteiger partial charge in [-0.15, -0.1) is 0 Å². The number of piperidine rings is 1. The molecule has 2 fully saturated rings. The van der Waals surface area contributed by atoms with E-state index < -0.39 is 9.84 Å². The van der Waals surface area contributed by atoms with Crippen LogP contribution >= 0.6 is 0 Å². The molecular formula is C26H39N4O3S+. The molecule has 0 radical (unpaired) electrons. The average molecular weight is 488 g/mol. The third-order valence-corrected chi connectivity index (χ3v) is 8.27. The molecule has 2 saturated heterocycles. The van der Waals surface area contributed by atoms with Crippen LogP contribution in [0, 0.1) is 25.7 Å². The first-order chi connectivity index (χ1) is 16.0. The van der Waals surface area contributed by atoms with Crippen molar-refractivity contribution in [2.75, 3.05) is 29.7 Å². The molecule has 3 heterocycles. The number of aryl methyl sites for hydroxylation is 2. The first kappa shape index (κ1) is 24.9. The minimum atomic E-state index is -3.23. The summed E-state index contributed by atoms with van der Waals surface area (Å²) in [5, 5.41) is 3.55. The molecule has 0 spiro atoms. The summed E-state index contributed by atoms with van der Waals surface area (Å²) in [5.74, 6) is 3.23. The molecule has 4 rings (SSSR count). The number of hydrogen-bond donors (Lipinski definition) is 1. The van der Waals surface area contributed by atoms with Gasteiger partial charge in [-0.1, -0.05) is 18.8 Å². The van der Waals surface area contributed by atoms with E-state index in [-0.39, 0.29) is 0 Å². The molecule has 7 nitrogen and oxygen atoms in total. The summed E-state index contributed by atoms with van der Waals surface area (Å²) in [6.45, 7) is 10.2. The van der Waals surface area contributed by atoms with Crippen molar-refractivity contribution in [3.05, 3.63) is 35.7 Å². The second-order valence-electron chi connectivity index (χ2n) is 10.6. The standard InChI is InChI=1S/C26H38N4O3S/c1-17(2)14-33-15-20-12-21-7-8-22(13-20)30(21)25-19(4)26(29(5)16-27-25)28-24-10-9-23(11-18(24)3)34(6,31)32/h9-11,16-17,20-22H,7-8,12-15H2,1-6H3/p+1. The predicted octanol–water partition coefficient (Wildman–Crippen LogP) is 4.09. The van der Waals surface area contributed by atoms with Gasteiger partial charge in [0.05, 0.1) is 23.2 Å². The van der Waals surface area contributed by atoms with Gasteiger partial charge >= 0.3 is 0 Å². The largest absolute Gasteiger partial charge is 0.381 e. The molecule has 34 heavy (non-hydrogen) atoms. The van der Waals surface area contributed by atoms with Gasteiger partial charge in [0.1, 0.15) is 0 Å². The van der Waals surface area contributed by atoms with Crippen molar-refractivity contribution < 1.29 is 17.7 Å². The van der Waals surface area contributed by atoms with E-state index in [0.29, 0.717) is 28.8 Å². The SMILES string of the molecule is Cc1cc(S(C)(=O)=O)ccc1Nc1c(C)c(N2C3CCC2CC(COCC(C)C)C3)nc[n+]1C. The second-order valence-corrected chi connectivity index (χ2v) is 12.6. The van der Waals surface area contributed by atoms with Gasteiger partial charge in [0, 0.05) is 31.6 Å². The molecule has 2 aliphatic heterocycles. The fourth-order valence-electron chi connectivity index (χ4n) is 5.49. The van der Waals surface area contributed by atoms with Gasteiger partial charge in [-0.2, -0.15) is 0 Å². The van der Waals surface area contributed by atoms with E-state index in [1.807, 2.05) is 30.9 Å². The highest BCUT2D eigenvalue weighted by atomic mass is 32.2. The van der Waals surface area contributed by atoms with E-state index >= 15 is 0 Å². The lowest BCUT2D eigenvalue weighted by molar-refractivity contribution is -0.660. The third kappa shape index (κ3) is 5.23. The predicted molar refractivity (Wildman–Crippen MR) is 135 cm³/mol. The zero-order valence-corrected chi connectivity index (χ0v) is 22.2. The summed E-state index contributed by atoms with van der Waals surface area (Å²) < 4.78 is 31.8. The van der Waals surface area contributed by atoms with Crippen molar-refractivity contribution in [3.8, 4) is 0 Å². The monoisotopic (exact) mass is 487 g/mol. The zero-order chi connectivity index (χ0) is 24.6. The summed E-state index contributed by atoms with van der Waals surface area (Å²) in [6.07, 6.45) is 7.85. The molecule has 1 aromatic carbocycles. The Hall–Kier alpha value is -2.19. The Morgan fingerprint density at radius 2 is 1.88 bits per heavy atom. The smallest absolute Gasteiger partial charge is 0.234 e. The van der Waals surface area contributed by atoms with Crippen molar-refractivity contribution in [1.82, 2.24) is 4.98 Å². The van der Waals surface area contributed by atoms with Gasteiger partial charge in [0.2, 0.25) is 18.0 Å². The lowest BCUT2D eigenvalue weighted by Gasteiger charge is -2.39. The topological polar surface area (TPSA) is 75.4 Å². The lowest BCUT2D eigenvalue weighted by atomic mass is 9.91. The maximum Gasteiger partial charge on any atom is 0.234 e. The van der Waals surface area contributed by atoms with Gasteiger partial charge in [-0.25, -0.2) is 13.0 Å². The van der Waals surface area contributed by atoms with Crippen molar-refractivity contribution in [3.63, 3.8) is 0 Å². The highest BCUT2D eigenvalue weighted by Crippen LogP contribution is 2.42. The van der Waals surface area contributed by atoms with Crippen LogP contribution in [0.4, 0.5) is 17.3 Å². The molecule has 2 unspecified atom stereocenters. The lowest BCUT2D eigenvalue weighted by Crippen LogP contribution is -2.46. The Labute approximate surface area is 204 Å². The van der Waals surface area contributed by atoms with Gasteiger partial charge in [0.25, 0.3) is 0 Å². The van der Waals surface area contributed by atoms with Crippen molar-refractivity contribution in [2.45, 2.75) is 70.4 Å². The van der Waals surface area contributed by atoms with Gasteiger partial charge in [0.15, 0.2) is 9.84 Å². The average Bonchev–Trinajstić information content (AvgIpc) is 3.00. The fourth-order valence-corrected chi connectivity index (χ4v) is 6.19. The summed E-state index contributed by atoms with van der Waals surface area (Å²) in [5.41, 5.74) is 2.90. The van der Waals surface area contributed by atoms with Crippen LogP contribution in [0.25, 0.3) is 0 Å². The number of ether oxygens (including phenoxy) is 1. The number of nitrogens with zero attached hydrogens (tertiary/aromatic N) is 3.